The highest BCUT2D eigenvalue weighted by molar-refractivity contribution is 7.32. The number of nitrogens with two attached hydrogens (primary N) is 1. The summed E-state index contributed by atoms with van der Waals surface area (Å²) in [5.74, 6) is 0. The largest absolute Gasteiger partial charge is 0.696 e. The molecule has 0 aliphatic carbocycles. The van der Waals surface area contributed by atoms with Crippen LogP contribution in [0, 0.1) is 0 Å². The second kappa shape index (κ2) is 3.88. The molecule has 1 unspecified atom stereocenters. The summed E-state index contributed by atoms with van der Waals surface area (Å²) in [5, 5.41) is 8.09. The van der Waals surface area contributed by atoms with Gasteiger partial charge in [-0.3, -0.25) is 5.73 Å². The normalized spacial score (nSPS) is 15.6. The van der Waals surface area contributed by atoms with Gasteiger partial charge in [0, 0.05) is 4.57 Å². The van der Waals surface area contributed by atoms with Gasteiger partial charge in [-0.15, -0.1) is 4.89 Å². The van der Waals surface area contributed by atoms with Crippen LogP contribution in [0.15, 0.2) is 0 Å². The van der Waals surface area contributed by atoms with Crippen molar-refractivity contribution in [3.05, 3.63) is 0 Å². The Morgan fingerprint density at radius 1 is 1.88 bits per heavy atom. The van der Waals surface area contributed by atoms with Crippen molar-refractivity contribution in [2.24, 2.45) is 5.73 Å². The fourth-order valence-electron chi connectivity index (χ4n) is 0.149. The number of hydrogen-bond acceptors (Lipinski definition) is 4. The summed E-state index contributed by atoms with van der Waals surface area (Å²) in [6, 6.07) is 0. The molecule has 0 rings (SSSR count). The SMILES string of the molecule is N[C@@H](CO)O[P+](=O)O. The Balaban J connectivity index is 3.24. The van der Waals surface area contributed by atoms with Crippen molar-refractivity contribution in [3.63, 3.8) is 0 Å². The molecule has 0 aliphatic heterocycles. The summed E-state index contributed by atoms with van der Waals surface area (Å²) in [7, 11) is -2.68. The topological polar surface area (TPSA) is 92.8 Å². The van der Waals surface area contributed by atoms with Crippen LogP contribution in [0.25, 0.3) is 0 Å². The van der Waals surface area contributed by atoms with E-state index in [2.05, 4.69) is 4.52 Å². The average Bonchev–Trinajstić information content (AvgIpc) is 1.65. The molecule has 0 saturated heterocycles. The highest BCUT2D eigenvalue weighted by atomic mass is 31.1. The van der Waals surface area contributed by atoms with Crippen molar-refractivity contribution >= 4 is 8.25 Å². The van der Waals surface area contributed by atoms with Crippen LogP contribution < -0.4 is 5.73 Å². The lowest BCUT2D eigenvalue weighted by Crippen LogP contribution is -2.24. The first-order valence-corrected chi connectivity index (χ1v) is 2.99. The number of hydrogen-bond donors (Lipinski definition) is 3. The summed E-state index contributed by atoms with van der Waals surface area (Å²) in [5.41, 5.74) is 4.86. The minimum absolute atomic E-state index is 0.457. The van der Waals surface area contributed by atoms with Gasteiger partial charge in [0.15, 0.2) is 6.23 Å². The summed E-state index contributed by atoms with van der Waals surface area (Å²) >= 11 is 0. The molecule has 0 amide bonds. The van der Waals surface area contributed by atoms with Gasteiger partial charge in [0.2, 0.25) is 0 Å². The van der Waals surface area contributed by atoms with E-state index in [1.165, 1.54) is 0 Å². The van der Waals surface area contributed by atoms with Crippen LogP contribution in [0.4, 0.5) is 0 Å². The van der Waals surface area contributed by atoms with Crippen molar-refractivity contribution in [1.82, 2.24) is 0 Å². The molecule has 0 saturated carbocycles. The van der Waals surface area contributed by atoms with E-state index in [0.29, 0.717) is 0 Å². The van der Waals surface area contributed by atoms with Gasteiger partial charge in [-0.25, -0.2) is 0 Å². The summed E-state index contributed by atoms with van der Waals surface area (Å²) in [6.45, 7) is -0.457. The molecule has 2 atom stereocenters. The van der Waals surface area contributed by atoms with Gasteiger partial charge in [0.25, 0.3) is 0 Å². The Hall–Kier alpha value is -0.0600. The number of aliphatic hydroxyl groups excluding tert-OH is 1. The molecule has 0 aromatic rings. The van der Waals surface area contributed by atoms with Crippen LogP contribution in [0.5, 0.6) is 0 Å². The second-order valence-electron chi connectivity index (χ2n) is 1.06. The molecule has 0 fully saturated rings. The molecule has 0 radical (unpaired) electrons. The molecular weight excluding hydrogens is 133 g/mol. The smallest absolute Gasteiger partial charge is 0.392 e. The Morgan fingerprint density at radius 3 is 2.50 bits per heavy atom. The van der Waals surface area contributed by atoms with E-state index in [4.69, 9.17) is 15.7 Å². The molecular formula is C2H7NO4P+. The molecule has 48 valence electrons. The molecule has 0 aromatic heterocycles. The predicted molar refractivity (Wildman–Crippen MR) is 26.0 cm³/mol. The third-order valence-electron chi connectivity index (χ3n) is 0.406. The van der Waals surface area contributed by atoms with Crippen LogP contribution in [-0.2, 0) is 9.09 Å². The standard InChI is InChI=1S/C2H6NO4P/c3-2(1-4)7-8(5)6/h2,4H,1,3H2/p+1/t2-/m1/s1. The first kappa shape index (κ1) is 7.94. The van der Waals surface area contributed by atoms with Crippen molar-refractivity contribution < 1.29 is 19.1 Å². The van der Waals surface area contributed by atoms with Crippen molar-refractivity contribution in [3.8, 4) is 0 Å². The molecule has 4 N–H and O–H groups in total. The zero-order chi connectivity index (χ0) is 6.57. The van der Waals surface area contributed by atoms with Gasteiger partial charge in [-0.1, -0.05) is 4.52 Å². The maximum absolute atomic E-state index is 9.70. The van der Waals surface area contributed by atoms with Gasteiger partial charge in [0.05, 0.1) is 6.61 Å². The molecule has 5 nitrogen and oxygen atoms in total. The lowest BCUT2D eigenvalue weighted by molar-refractivity contribution is 0.116. The molecule has 0 aromatic carbocycles. The van der Waals surface area contributed by atoms with Crippen LogP contribution in [0.3, 0.4) is 0 Å². The fraction of sp³-hybridized carbons (Fsp3) is 1.00. The van der Waals surface area contributed by atoms with E-state index in [9.17, 15) is 4.57 Å². The number of rotatable bonds is 3. The van der Waals surface area contributed by atoms with Gasteiger partial charge in [0.1, 0.15) is 0 Å². The van der Waals surface area contributed by atoms with Crippen molar-refractivity contribution in [2.45, 2.75) is 6.23 Å². The van der Waals surface area contributed by atoms with Crippen LogP contribution in [0.1, 0.15) is 0 Å². The molecule has 0 spiro atoms. The maximum Gasteiger partial charge on any atom is 0.696 e. The lowest BCUT2D eigenvalue weighted by atomic mass is 10.7. The van der Waals surface area contributed by atoms with Crippen molar-refractivity contribution in [1.29, 1.82) is 0 Å². The number of aliphatic hydroxyl groups is 1. The maximum atomic E-state index is 9.70. The quantitative estimate of drug-likeness (QED) is 0.343. The monoisotopic (exact) mass is 140 g/mol. The Morgan fingerprint density at radius 2 is 2.38 bits per heavy atom. The molecule has 0 aliphatic rings. The van der Waals surface area contributed by atoms with E-state index in [0.717, 1.165) is 0 Å². The van der Waals surface area contributed by atoms with Gasteiger partial charge in [-0.2, -0.15) is 0 Å². The molecule has 0 heterocycles. The predicted octanol–water partition coefficient (Wildman–Crippen LogP) is -1.07. The highest BCUT2D eigenvalue weighted by Crippen LogP contribution is 2.14. The van der Waals surface area contributed by atoms with Gasteiger partial charge in [-0.05, 0) is 0 Å². The Labute approximate surface area is 47.0 Å². The molecule has 0 bridgehead atoms. The van der Waals surface area contributed by atoms with E-state index < -0.39 is 21.1 Å². The third kappa shape index (κ3) is 4.11. The van der Waals surface area contributed by atoms with E-state index >= 15 is 0 Å². The summed E-state index contributed by atoms with van der Waals surface area (Å²) < 4.78 is 13.7. The summed E-state index contributed by atoms with van der Waals surface area (Å²) in [6.07, 6.45) is -1.05. The zero-order valence-electron chi connectivity index (χ0n) is 4.02. The van der Waals surface area contributed by atoms with Gasteiger partial charge >= 0.3 is 8.25 Å². The van der Waals surface area contributed by atoms with Gasteiger partial charge < -0.3 is 5.11 Å². The van der Waals surface area contributed by atoms with Crippen molar-refractivity contribution in [2.75, 3.05) is 6.61 Å². The minimum Gasteiger partial charge on any atom is -0.392 e. The second-order valence-corrected chi connectivity index (χ2v) is 1.75. The van der Waals surface area contributed by atoms with Crippen LogP contribution in [-0.4, -0.2) is 22.8 Å². The van der Waals surface area contributed by atoms with E-state index in [1.807, 2.05) is 0 Å². The summed E-state index contributed by atoms with van der Waals surface area (Å²) in [4.78, 5) is 7.95. The fourth-order valence-corrected chi connectivity index (χ4v) is 0.447. The minimum atomic E-state index is -2.68. The molecule has 6 heteroatoms. The lowest BCUT2D eigenvalue weighted by Gasteiger charge is -1.93. The molecule has 8 heavy (non-hydrogen) atoms. The van der Waals surface area contributed by atoms with Crippen LogP contribution >= 0.6 is 8.25 Å². The highest BCUT2D eigenvalue weighted by Gasteiger charge is 2.17. The first-order valence-electron chi connectivity index (χ1n) is 1.86. The third-order valence-corrected chi connectivity index (χ3v) is 0.857. The Bertz CT molecular complexity index is 86.1. The van der Waals surface area contributed by atoms with E-state index in [1.54, 1.807) is 0 Å². The van der Waals surface area contributed by atoms with E-state index in [-0.39, 0.29) is 0 Å². The average molecular weight is 140 g/mol. The first-order chi connectivity index (χ1) is 3.66. The zero-order valence-corrected chi connectivity index (χ0v) is 4.91. The Kier molecular flexibility index (Phi) is 3.85. The van der Waals surface area contributed by atoms with Crippen LogP contribution in [0.2, 0.25) is 0 Å².